The number of hydrogen-bond donors (Lipinski definition) is 1. The molecule has 2 heterocycles. The average Bonchev–Trinajstić information content (AvgIpc) is 3.29. The molecule has 1 N–H and O–H groups in total. The van der Waals surface area contributed by atoms with Crippen LogP contribution in [0.2, 0.25) is 0 Å². The zero-order chi connectivity index (χ0) is 23.6. The molecule has 174 valence electrons. The molecule has 4 rings (SSSR count). The molecule has 0 bridgehead atoms. The van der Waals surface area contributed by atoms with Crippen LogP contribution in [0.15, 0.2) is 58.4 Å². The zero-order valence-electron chi connectivity index (χ0n) is 17.9. The van der Waals surface area contributed by atoms with Gasteiger partial charge in [0.15, 0.2) is 0 Å². The van der Waals surface area contributed by atoms with E-state index < -0.39 is 22.0 Å². The van der Waals surface area contributed by atoms with E-state index in [1.807, 2.05) is 30.3 Å². The van der Waals surface area contributed by atoms with Gasteiger partial charge in [0.1, 0.15) is 5.88 Å². The lowest BCUT2D eigenvalue weighted by molar-refractivity contribution is -0.117. The predicted octanol–water partition coefficient (Wildman–Crippen LogP) is 2.66. The number of alkyl halides is 1. The van der Waals surface area contributed by atoms with Gasteiger partial charge < -0.3 is 4.74 Å². The van der Waals surface area contributed by atoms with Gasteiger partial charge in [-0.1, -0.05) is 30.3 Å². The Morgan fingerprint density at radius 1 is 1.21 bits per heavy atom. The summed E-state index contributed by atoms with van der Waals surface area (Å²) in [6, 6.07) is 13.1. The fraction of sp³-hybridized carbons (Fsp3) is 0.318. The number of benzene rings is 2. The number of sulfonamides is 1. The molecule has 2 aromatic rings. The van der Waals surface area contributed by atoms with Crippen LogP contribution >= 0.6 is 11.6 Å². The number of amides is 3. The van der Waals surface area contributed by atoms with Crippen molar-refractivity contribution in [3.63, 3.8) is 0 Å². The van der Waals surface area contributed by atoms with Gasteiger partial charge in [-0.15, -0.1) is 11.6 Å². The van der Waals surface area contributed by atoms with Gasteiger partial charge in [-0.25, -0.2) is 22.5 Å². The van der Waals surface area contributed by atoms with Crippen molar-refractivity contribution in [1.82, 2.24) is 9.62 Å². The minimum Gasteiger partial charge on any atom is -0.468 e. The summed E-state index contributed by atoms with van der Waals surface area (Å²) in [6.45, 7) is 0.535. The number of ether oxygens (including phenoxy) is 1. The third kappa shape index (κ3) is 4.53. The Morgan fingerprint density at radius 2 is 1.97 bits per heavy atom. The summed E-state index contributed by atoms with van der Waals surface area (Å²) in [5.41, 5.74) is 2.15. The first-order valence-corrected chi connectivity index (χ1v) is 12.3. The van der Waals surface area contributed by atoms with Crippen LogP contribution in [0.4, 0.5) is 10.5 Å². The van der Waals surface area contributed by atoms with Gasteiger partial charge in [0.05, 0.1) is 24.6 Å². The summed E-state index contributed by atoms with van der Waals surface area (Å²) in [7, 11) is -2.56. The van der Waals surface area contributed by atoms with E-state index in [0.717, 1.165) is 5.56 Å². The van der Waals surface area contributed by atoms with Crippen LogP contribution in [-0.4, -0.2) is 56.8 Å². The lowest BCUT2D eigenvalue weighted by atomic mass is 10.0. The zero-order valence-corrected chi connectivity index (χ0v) is 19.5. The molecule has 2 aliphatic rings. The van der Waals surface area contributed by atoms with Crippen LogP contribution in [0.5, 0.6) is 0 Å². The fourth-order valence-electron chi connectivity index (χ4n) is 3.98. The number of halogens is 1. The molecule has 0 spiro atoms. The SMILES string of the molecule is COC1=NC(c2ccccc2)CN1S(=O)(=O)c1ccc2c(c1)CCCN2C(=O)NC(=O)CCl. The Kier molecular flexibility index (Phi) is 6.57. The number of amidine groups is 1. The van der Waals surface area contributed by atoms with Gasteiger partial charge in [-0.2, -0.15) is 0 Å². The molecule has 0 aromatic heterocycles. The molecular formula is C22H23ClN4O5S. The Hall–Kier alpha value is -3.11. The second-order valence-corrected chi connectivity index (χ2v) is 9.74. The smallest absolute Gasteiger partial charge is 0.328 e. The second-order valence-electron chi connectivity index (χ2n) is 7.61. The first-order valence-electron chi connectivity index (χ1n) is 10.3. The highest BCUT2D eigenvalue weighted by Crippen LogP contribution is 2.33. The number of aliphatic imine (C=N–C) groups is 1. The standard InChI is InChI=1S/C22H23ClN4O5S/c1-32-22-24-18(15-6-3-2-4-7-15)14-27(22)33(30,31)17-9-10-19-16(12-17)8-5-11-26(19)21(29)25-20(28)13-23/h2-4,6-7,9-10,12,18H,5,8,11,13-14H2,1H3,(H,25,28,29). The number of nitrogens with zero attached hydrogens (tertiary/aromatic N) is 3. The Balaban J connectivity index is 1.61. The minimum atomic E-state index is -3.95. The maximum absolute atomic E-state index is 13.5. The minimum absolute atomic E-state index is 0.0298. The van der Waals surface area contributed by atoms with E-state index in [1.165, 1.54) is 22.4 Å². The van der Waals surface area contributed by atoms with Crippen LogP contribution < -0.4 is 10.2 Å². The number of fused-ring (bicyclic) bond motifs is 1. The number of imide groups is 1. The number of carbonyl (C=O) groups is 2. The number of urea groups is 1. The van der Waals surface area contributed by atoms with Crippen LogP contribution in [0.3, 0.4) is 0 Å². The molecule has 0 saturated heterocycles. The lowest BCUT2D eigenvalue weighted by Crippen LogP contribution is -2.45. The van der Waals surface area contributed by atoms with Crippen LogP contribution in [-0.2, 0) is 26.0 Å². The topological polar surface area (TPSA) is 108 Å². The van der Waals surface area contributed by atoms with Gasteiger partial charge in [0.2, 0.25) is 5.91 Å². The van der Waals surface area contributed by atoms with Gasteiger partial charge in [-0.05, 0) is 42.2 Å². The normalized spacial score (nSPS) is 17.9. The van der Waals surface area contributed by atoms with Gasteiger partial charge in [0.25, 0.3) is 10.0 Å². The molecule has 0 saturated carbocycles. The highest BCUT2D eigenvalue weighted by atomic mass is 35.5. The van der Waals surface area contributed by atoms with Crippen LogP contribution in [0.25, 0.3) is 0 Å². The Labute approximate surface area is 197 Å². The van der Waals surface area contributed by atoms with Gasteiger partial charge in [-0.3, -0.25) is 15.0 Å². The van der Waals surface area contributed by atoms with Crippen molar-refractivity contribution < 1.29 is 22.7 Å². The molecule has 33 heavy (non-hydrogen) atoms. The predicted molar refractivity (Wildman–Crippen MR) is 124 cm³/mol. The largest absolute Gasteiger partial charge is 0.468 e. The quantitative estimate of drug-likeness (QED) is 0.663. The van der Waals surface area contributed by atoms with Gasteiger partial charge in [0, 0.05) is 12.2 Å². The monoisotopic (exact) mass is 490 g/mol. The van der Waals surface area contributed by atoms with Gasteiger partial charge >= 0.3 is 12.1 Å². The number of carbonyl (C=O) groups excluding carboxylic acids is 2. The molecule has 0 aliphatic carbocycles. The number of rotatable bonds is 4. The third-order valence-electron chi connectivity index (χ3n) is 5.56. The highest BCUT2D eigenvalue weighted by Gasteiger charge is 2.37. The second kappa shape index (κ2) is 9.40. The molecule has 0 fully saturated rings. The maximum Gasteiger partial charge on any atom is 0.328 e. The van der Waals surface area contributed by atoms with E-state index >= 15 is 0 Å². The molecule has 0 radical (unpaired) electrons. The Bertz CT molecular complexity index is 1200. The van der Waals surface area contributed by atoms with E-state index in [0.29, 0.717) is 30.6 Å². The van der Waals surface area contributed by atoms with Crippen molar-refractivity contribution in [1.29, 1.82) is 0 Å². The first-order chi connectivity index (χ1) is 15.8. The van der Waals surface area contributed by atoms with Crippen LogP contribution in [0, 0.1) is 0 Å². The molecular weight excluding hydrogens is 468 g/mol. The van der Waals surface area contributed by atoms with Crippen molar-refractivity contribution >= 4 is 45.3 Å². The molecule has 9 nitrogen and oxygen atoms in total. The molecule has 2 aliphatic heterocycles. The Morgan fingerprint density at radius 3 is 2.67 bits per heavy atom. The molecule has 2 aromatic carbocycles. The summed E-state index contributed by atoms with van der Waals surface area (Å²) in [5, 5.41) is 2.22. The molecule has 1 atom stereocenters. The summed E-state index contributed by atoms with van der Waals surface area (Å²) >= 11 is 5.47. The van der Waals surface area contributed by atoms with E-state index in [2.05, 4.69) is 10.3 Å². The molecule has 11 heteroatoms. The van der Waals surface area contributed by atoms with Crippen molar-refractivity contribution in [2.75, 3.05) is 31.0 Å². The van der Waals surface area contributed by atoms with Crippen molar-refractivity contribution in [2.24, 2.45) is 4.99 Å². The third-order valence-corrected chi connectivity index (χ3v) is 7.53. The first kappa shape index (κ1) is 23.1. The average molecular weight is 491 g/mol. The molecule has 3 amide bonds. The summed E-state index contributed by atoms with van der Waals surface area (Å²) in [5.74, 6) is -0.923. The lowest BCUT2D eigenvalue weighted by Gasteiger charge is -2.30. The van der Waals surface area contributed by atoms with E-state index in [9.17, 15) is 18.0 Å². The number of aryl methyl sites for hydroxylation is 1. The fourth-order valence-corrected chi connectivity index (χ4v) is 5.49. The van der Waals surface area contributed by atoms with Crippen molar-refractivity contribution in [3.8, 4) is 0 Å². The van der Waals surface area contributed by atoms with E-state index in [1.54, 1.807) is 12.1 Å². The van der Waals surface area contributed by atoms with E-state index in [4.69, 9.17) is 16.3 Å². The van der Waals surface area contributed by atoms with Crippen LogP contribution in [0.1, 0.15) is 23.6 Å². The number of anilines is 1. The summed E-state index contributed by atoms with van der Waals surface area (Å²) in [4.78, 5) is 29.9. The number of hydrogen-bond acceptors (Lipinski definition) is 6. The highest BCUT2D eigenvalue weighted by molar-refractivity contribution is 7.89. The van der Waals surface area contributed by atoms with E-state index in [-0.39, 0.29) is 29.4 Å². The van der Waals surface area contributed by atoms with Crippen molar-refractivity contribution in [2.45, 2.75) is 23.8 Å². The summed E-state index contributed by atoms with van der Waals surface area (Å²) < 4.78 is 33.4. The maximum atomic E-state index is 13.5. The summed E-state index contributed by atoms with van der Waals surface area (Å²) in [6.07, 6.45) is 1.23. The molecule has 1 unspecified atom stereocenters. The van der Waals surface area contributed by atoms with Crippen molar-refractivity contribution in [3.05, 3.63) is 59.7 Å². The number of nitrogens with one attached hydrogen (secondary N) is 1. The number of methoxy groups -OCH3 is 1.